The van der Waals surface area contributed by atoms with Crippen molar-refractivity contribution >= 4 is 5.91 Å². The molecule has 0 unspecified atom stereocenters. The second-order valence-electron chi connectivity index (χ2n) is 11.3. The summed E-state index contributed by atoms with van der Waals surface area (Å²) < 4.78 is 0. The van der Waals surface area contributed by atoms with Gasteiger partial charge in [-0.3, -0.25) is 4.79 Å². The summed E-state index contributed by atoms with van der Waals surface area (Å²) in [6.07, 6.45) is 11.3. The molecule has 154 valence electrons. The van der Waals surface area contributed by atoms with Crippen LogP contribution in [0.15, 0.2) is 0 Å². The van der Waals surface area contributed by atoms with Crippen molar-refractivity contribution in [3.05, 3.63) is 0 Å². The molecule has 7 atom stereocenters. The van der Waals surface area contributed by atoms with Gasteiger partial charge in [-0.25, -0.2) is 0 Å². The summed E-state index contributed by atoms with van der Waals surface area (Å²) in [5.41, 5.74) is 0.855. The fourth-order valence-corrected chi connectivity index (χ4v) is 8.03. The van der Waals surface area contributed by atoms with E-state index in [1.807, 2.05) is 0 Å². The molecule has 3 saturated carbocycles. The van der Waals surface area contributed by atoms with Crippen LogP contribution >= 0.6 is 0 Å². The predicted molar refractivity (Wildman–Crippen MR) is 111 cm³/mol. The Kier molecular flexibility index (Phi) is 5.15. The number of nitrogens with zero attached hydrogens (tertiary/aromatic N) is 1. The Balaban J connectivity index is 1.50. The Morgan fingerprint density at radius 2 is 1.78 bits per heavy atom. The number of nitrogens with one attached hydrogen (secondary N) is 1. The van der Waals surface area contributed by atoms with E-state index in [1.165, 1.54) is 51.5 Å². The van der Waals surface area contributed by atoms with Gasteiger partial charge in [0.05, 0.1) is 0 Å². The molecule has 4 aliphatic rings. The molecule has 0 radical (unpaired) electrons. The summed E-state index contributed by atoms with van der Waals surface area (Å²) in [4.78, 5) is 14.4. The smallest absolute Gasteiger partial charge is 0.222 e. The first-order chi connectivity index (χ1) is 12.8. The maximum atomic E-state index is 12.3. The molecule has 4 rings (SSSR count). The summed E-state index contributed by atoms with van der Waals surface area (Å²) >= 11 is 0. The first-order valence-corrected chi connectivity index (χ1v) is 11.8. The summed E-state index contributed by atoms with van der Waals surface area (Å²) in [7, 11) is 2.07. The lowest BCUT2D eigenvalue weighted by molar-refractivity contribution is -0.157. The highest BCUT2D eigenvalue weighted by Crippen LogP contribution is 2.64. The van der Waals surface area contributed by atoms with Crippen LogP contribution in [-0.2, 0) is 4.79 Å². The Morgan fingerprint density at radius 3 is 2.52 bits per heavy atom. The van der Waals surface area contributed by atoms with E-state index in [1.54, 1.807) is 0 Å². The zero-order chi connectivity index (χ0) is 19.4. The van der Waals surface area contributed by atoms with E-state index in [4.69, 9.17) is 0 Å². The molecule has 0 aromatic carbocycles. The van der Waals surface area contributed by atoms with Crippen LogP contribution in [-0.4, -0.2) is 36.5 Å². The van der Waals surface area contributed by atoms with Gasteiger partial charge in [0.1, 0.15) is 0 Å². The van der Waals surface area contributed by atoms with Crippen LogP contribution in [0.25, 0.3) is 0 Å². The largest absolute Gasteiger partial charge is 0.342 e. The number of fused-ring (bicyclic) bond motifs is 5. The Labute approximate surface area is 167 Å². The van der Waals surface area contributed by atoms with Crippen molar-refractivity contribution in [3.63, 3.8) is 0 Å². The van der Waals surface area contributed by atoms with Crippen LogP contribution in [0.2, 0.25) is 0 Å². The molecule has 0 bridgehead atoms. The van der Waals surface area contributed by atoms with Gasteiger partial charge in [0.15, 0.2) is 0 Å². The Morgan fingerprint density at radius 1 is 1.04 bits per heavy atom. The van der Waals surface area contributed by atoms with Crippen molar-refractivity contribution in [2.75, 3.05) is 13.6 Å². The minimum atomic E-state index is 0.357. The zero-order valence-electron chi connectivity index (χ0n) is 18.4. The van der Waals surface area contributed by atoms with Crippen molar-refractivity contribution < 1.29 is 4.79 Å². The standard InChI is InChI=1S/C24H42N2O/c1-16(2)12-15-25-20-8-7-18-17-6-9-21-24(4,14-11-22(27)26(21)5)19(17)10-13-23(18,20)3/h16-21,25H,6-15H2,1-5H3/t17-,18-,19-,20-,21+,23-,24+/m0/s1. The van der Waals surface area contributed by atoms with Gasteiger partial charge in [0.2, 0.25) is 5.91 Å². The lowest BCUT2D eigenvalue weighted by Gasteiger charge is -2.61. The molecule has 1 aliphatic heterocycles. The molecule has 1 saturated heterocycles. The summed E-state index contributed by atoms with van der Waals surface area (Å²) in [6.45, 7) is 11.0. The minimum Gasteiger partial charge on any atom is -0.342 e. The number of carbonyl (C=O) groups excluding carboxylic acids is 1. The maximum absolute atomic E-state index is 12.3. The van der Waals surface area contributed by atoms with E-state index >= 15 is 0 Å². The van der Waals surface area contributed by atoms with E-state index in [0.717, 1.165) is 42.6 Å². The number of hydrogen-bond acceptors (Lipinski definition) is 2. The Hall–Kier alpha value is -0.570. The van der Waals surface area contributed by atoms with Gasteiger partial charge >= 0.3 is 0 Å². The van der Waals surface area contributed by atoms with Crippen LogP contribution < -0.4 is 5.32 Å². The summed E-state index contributed by atoms with van der Waals surface area (Å²) in [6, 6.07) is 1.22. The van der Waals surface area contributed by atoms with Gasteiger partial charge in [0.25, 0.3) is 0 Å². The molecule has 3 heteroatoms. The third kappa shape index (κ3) is 3.07. The normalized spacial score (nSPS) is 47.0. The third-order valence-electron chi connectivity index (χ3n) is 9.67. The topological polar surface area (TPSA) is 32.3 Å². The second kappa shape index (κ2) is 7.04. The minimum absolute atomic E-state index is 0.357. The van der Waals surface area contributed by atoms with E-state index in [-0.39, 0.29) is 0 Å². The van der Waals surface area contributed by atoms with Crippen molar-refractivity contribution in [3.8, 4) is 0 Å². The summed E-state index contributed by atoms with van der Waals surface area (Å²) in [5.74, 6) is 3.79. The molecule has 27 heavy (non-hydrogen) atoms. The van der Waals surface area contributed by atoms with E-state index in [0.29, 0.717) is 22.8 Å². The lowest BCUT2D eigenvalue weighted by Crippen LogP contribution is -2.61. The molecule has 0 spiro atoms. The van der Waals surface area contributed by atoms with Crippen molar-refractivity contribution in [1.29, 1.82) is 0 Å². The van der Waals surface area contributed by atoms with E-state index in [2.05, 4.69) is 45.0 Å². The molecule has 1 heterocycles. The number of carbonyl (C=O) groups is 1. The maximum Gasteiger partial charge on any atom is 0.222 e. The van der Waals surface area contributed by atoms with Gasteiger partial charge < -0.3 is 10.2 Å². The number of hydrogen-bond donors (Lipinski definition) is 1. The average molecular weight is 375 g/mol. The SMILES string of the molecule is CC(C)CCN[C@H]1CC[C@H]2[C@@H]3CC[C@H]4N(C)C(=O)CC[C@]4(C)[C@H]3CC[C@]12C. The van der Waals surface area contributed by atoms with Crippen molar-refractivity contribution in [2.45, 2.75) is 97.6 Å². The predicted octanol–water partition coefficient (Wildman–Crippen LogP) is 4.85. The van der Waals surface area contributed by atoms with Crippen LogP contribution in [0.1, 0.15) is 85.5 Å². The molecular weight excluding hydrogens is 332 g/mol. The van der Waals surface area contributed by atoms with Crippen LogP contribution in [0, 0.1) is 34.5 Å². The molecular formula is C24H42N2O. The first kappa shape index (κ1) is 19.7. The highest BCUT2D eigenvalue weighted by molar-refractivity contribution is 5.77. The quantitative estimate of drug-likeness (QED) is 0.762. The monoisotopic (exact) mass is 374 g/mol. The molecule has 0 aromatic heterocycles. The molecule has 3 aliphatic carbocycles. The highest BCUT2D eigenvalue weighted by atomic mass is 16.2. The number of piperidine rings is 1. The zero-order valence-corrected chi connectivity index (χ0v) is 18.4. The van der Waals surface area contributed by atoms with Gasteiger partial charge in [-0.15, -0.1) is 0 Å². The van der Waals surface area contributed by atoms with Crippen LogP contribution in [0.3, 0.4) is 0 Å². The number of amides is 1. The van der Waals surface area contributed by atoms with E-state index in [9.17, 15) is 4.79 Å². The van der Waals surface area contributed by atoms with Crippen molar-refractivity contribution in [1.82, 2.24) is 10.2 Å². The average Bonchev–Trinajstić information content (AvgIpc) is 2.95. The van der Waals surface area contributed by atoms with Gasteiger partial charge in [-0.1, -0.05) is 27.7 Å². The molecule has 4 fully saturated rings. The number of rotatable bonds is 4. The fourth-order valence-electron chi connectivity index (χ4n) is 8.03. The van der Waals surface area contributed by atoms with Gasteiger partial charge in [0, 0.05) is 25.6 Å². The fraction of sp³-hybridized carbons (Fsp3) is 0.958. The lowest BCUT2D eigenvalue weighted by atomic mass is 9.47. The molecule has 1 amide bonds. The van der Waals surface area contributed by atoms with Gasteiger partial charge in [-0.05, 0) is 92.4 Å². The van der Waals surface area contributed by atoms with Crippen LogP contribution in [0.4, 0.5) is 0 Å². The first-order valence-electron chi connectivity index (χ1n) is 11.8. The van der Waals surface area contributed by atoms with Crippen LogP contribution in [0.5, 0.6) is 0 Å². The summed E-state index contributed by atoms with van der Waals surface area (Å²) in [5, 5.41) is 3.97. The van der Waals surface area contributed by atoms with Crippen molar-refractivity contribution in [2.24, 2.45) is 34.5 Å². The van der Waals surface area contributed by atoms with Gasteiger partial charge in [-0.2, -0.15) is 0 Å². The molecule has 0 aromatic rings. The molecule has 3 nitrogen and oxygen atoms in total. The Bertz CT molecular complexity index is 575. The molecule has 1 N–H and O–H groups in total. The third-order valence-corrected chi connectivity index (χ3v) is 9.67. The highest BCUT2D eigenvalue weighted by Gasteiger charge is 2.60. The second-order valence-corrected chi connectivity index (χ2v) is 11.3. The van der Waals surface area contributed by atoms with E-state index < -0.39 is 0 Å². The number of likely N-dealkylation sites (tertiary alicyclic amines) is 1.